The normalized spacial score (nSPS) is 11.3. The van der Waals surface area contributed by atoms with Gasteiger partial charge in [0.1, 0.15) is 6.04 Å². The fraction of sp³-hybridized carbons (Fsp3) is 0.333. The average molecular weight is 324 g/mol. The molecule has 0 aliphatic rings. The van der Waals surface area contributed by atoms with Crippen molar-refractivity contribution < 1.29 is 23.1 Å². The van der Waals surface area contributed by atoms with Crippen LogP contribution >= 0.6 is 12.4 Å². The summed E-state index contributed by atoms with van der Waals surface area (Å²) in [6.45, 7) is 1.16. The molecule has 1 rings (SSSR count). The molecule has 9 heteroatoms. The van der Waals surface area contributed by atoms with E-state index in [-0.39, 0.29) is 30.4 Å². The highest BCUT2D eigenvalue weighted by Crippen LogP contribution is 2.25. The Kier molecular flexibility index (Phi) is 7.79. The summed E-state index contributed by atoms with van der Waals surface area (Å²) in [6, 6.07) is 0.560. The third-order valence-electron chi connectivity index (χ3n) is 2.31. The van der Waals surface area contributed by atoms with E-state index in [2.05, 4.69) is 10.6 Å². The predicted molar refractivity (Wildman–Crippen MR) is 76.4 cm³/mol. The highest BCUT2D eigenvalue weighted by molar-refractivity contribution is 6.00. The molecule has 0 saturated heterocycles. The van der Waals surface area contributed by atoms with Crippen LogP contribution in [0.5, 0.6) is 0 Å². The maximum atomic E-state index is 13.2. The first-order valence-corrected chi connectivity index (χ1v) is 5.67. The summed E-state index contributed by atoms with van der Waals surface area (Å²) in [5.74, 6) is -3.44. The largest absolute Gasteiger partial charge is 0.383 e. The van der Waals surface area contributed by atoms with Gasteiger partial charge in [-0.25, -0.2) is 8.78 Å². The standard InChI is InChI=1S/C12H15F2N3O3.ClH/c1-6(18)16-10-3-7(13)8(14)4-11(10)17-12(19)9(15)5-20-2;/h3-4,9H,5,15H2,1-2H3,(H,16,18)(H,17,19);1H. The van der Waals surface area contributed by atoms with Gasteiger partial charge in [0.05, 0.1) is 18.0 Å². The van der Waals surface area contributed by atoms with E-state index in [9.17, 15) is 18.4 Å². The molecule has 0 aliphatic heterocycles. The Balaban J connectivity index is 0.00000400. The Labute approximate surface area is 126 Å². The maximum Gasteiger partial charge on any atom is 0.243 e. The Morgan fingerprint density at radius 3 is 2.14 bits per heavy atom. The van der Waals surface area contributed by atoms with Gasteiger partial charge in [-0.1, -0.05) is 0 Å². The van der Waals surface area contributed by atoms with Gasteiger partial charge in [-0.2, -0.15) is 0 Å². The summed E-state index contributed by atoms with van der Waals surface area (Å²) in [4.78, 5) is 22.7. The van der Waals surface area contributed by atoms with E-state index in [0.717, 1.165) is 12.1 Å². The van der Waals surface area contributed by atoms with E-state index < -0.39 is 29.5 Å². The van der Waals surface area contributed by atoms with Crippen LogP contribution in [0.3, 0.4) is 0 Å². The molecular formula is C12H16ClF2N3O3. The third kappa shape index (κ3) is 5.62. The minimum absolute atomic E-state index is 0. The highest BCUT2D eigenvalue weighted by atomic mass is 35.5. The van der Waals surface area contributed by atoms with Gasteiger partial charge in [0.25, 0.3) is 0 Å². The monoisotopic (exact) mass is 323 g/mol. The molecular weight excluding hydrogens is 308 g/mol. The minimum Gasteiger partial charge on any atom is -0.383 e. The van der Waals surface area contributed by atoms with Crippen LogP contribution < -0.4 is 16.4 Å². The van der Waals surface area contributed by atoms with E-state index in [1.807, 2.05) is 0 Å². The highest BCUT2D eigenvalue weighted by Gasteiger charge is 2.17. The number of nitrogens with one attached hydrogen (secondary N) is 2. The maximum absolute atomic E-state index is 13.2. The lowest BCUT2D eigenvalue weighted by atomic mass is 10.2. The smallest absolute Gasteiger partial charge is 0.243 e. The molecule has 2 amide bonds. The molecule has 1 unspecified atom stereocenters. The van der Waals surface area contributed by atoms with Crippen LogP contribution in [0, 0.1) is 11.6 Å². The number of benzene rings is 1. The number of carbonyl (C=O) groups excluding carboxylic acids is 2. The molecule has 0 spiro atoms. The number of methoxy groups -OCH3 is 1. The van der Waals surface area contributed by atoms with Crippen molar-refractivity contribution >= 4 is 35.6 Å². The topological polar surface area (TPSA) is 93.4 Å². The van der Waals surface area contributed by atoms with Gasteiger partial charge in [0.2, 0.25) is 11.8 Å². The zero-order chi connectivity index (χ0) is 15.3. The third-order valence-corrected chi connectivity index (χ3v) is 2.31. The summed E-state index contributed by atoms with van der Waals surface area (Å²) in [7, 11) is 1.37. The van der Waals surface area contributed by atoms with Gasteiger partial charge in [-0.3, -0.25) is 9.59 Å². The second kappa shape index (κ2) is 8.50. The van der Waals surface area contributed by atoms with Gasteiger partial charge in [0.15, 0.2) is 11.6 Å². The Morgan fingerprint density at radius 1 is 1.24 bits per heavy atom. The average Bonchev–Trinajstić information content (AvgIpc) is 2.35. The SMILES string of the molecule is COCC(N)C(=O)Nc1cc(F)c(F)cc1NC(C)=O.Cl. The van der Waals surface area contributed by atoms with Crippen molar-refractivity contribution in [2.45, 2.75) is 13.0 Å². The zero-order valence-corrected chi connectivity index (χ0v) is 12.2. The second-order valence-electron chi connectivity index (χ2n) is 4.04. The minimum atomic E-state index is -1.16. The molecule has 0 heterocycles. The first-order chi connectivity index (χ1) is 9.35. The van der Waals surface area contributed by atoms with Crippen molar-refractivity contribution in [2.75, 3.05) is 24.4 Å². The summed E-state index contributed by atoms with van der Waals surface area (Å²) in [6.07, 6.45) is 0. The van der Waals surface area contributed by atoms with Crippen molar-refractivity contribution in [1.29, 1.82) is 0 Å². The number of hydrogen-bond acceptors (Lipinski definition) is 4. The summed E-state index contributed by atoms with van der Waals surface area (Å²) in [5.41, 5.74) is 5.35. The van der Waals surface area contributed by atoms with E-state index >= 15 is 0 Å². The van der Waals surface area contributed by atoms with Crippen LogP contribution in [0.25, 0.3) is 0 Å². The Bertz CT molecular complexity index is 529. The number of rotatable bonds is 5. The first-order valence-electron chi connectivity index (χ1n) is 5.67. The second-order valence-corrected chi connectivity index (χ2v) is 4.04. The molecule has 1 atom stereocenters. The number of ether oxygens (including phenoxy) is 1. The van der Waals surface area contributed by atoms with E-state index in [1.54, 1.807) is 0 Å². The molecule has 4 N–H and O–H groups in total. The van der Waals surface area contributed by atoms with E-state index in [0.29, 0.717) is 0 Å². The van der Waals surface area contributed by atoms with Crippen LogP contribution in [0.1, 0.15) is 6.92 Å². The lowest BCUT2D eigenvalue weighted by molar-refractivity contribution is -0.118. The molecule has 1 aromatic rings. The number of hydrogen-bond donors (Lipinski definition) is 3. The van der Waals surface area contributed by atoms with Crippen LogP contribution in [0.2, 0.25) is 0 Å². The molecule has 0 aromatic heterocycles. The molecule has 0 aliphatic carbocycles. The summed E-state index contributed by atoms with van der Waals surface area (Å²) >= 11 is 0. The quantitative estimate of drug-likeness (QED) is 0.760. The van der Waals surface area contributed by atoms with Crippen molar-refractivity contribution in [1.82, 2.24) is 0 Å². The van der Waals surface area contributed by atoms with Crippen LogP contribution in [-0.2, 0) is 14.3 Å². The number of nitrogens with two attached hydrogens (primary N) is 1. The fourth-order valence-corrected chi connectivity index (χ4v) is 1.42. The molecule has 0 saturated carbocycles. The number of carbonyl (C=O) groups is 2. The number of anilines is 2. The number of amides is 2. The lowest BCUT2D eigenvalue weighted by Gasteiger charge is -2.15. The van der Waals surface area contributed by atoms with Gasteiger partial charge in [-0.15, -0.1) is 12.4 Å². The van der Waals surface area contributed by atoms with Crippen LogP contribution in [0.4, 0.5) is 20.2 Å². The van der Waals surface area contributed by atoms with Gasteiger partial charge < -0.3 is 21.1 Å². The molecule has 0 radical (unpaired) electrons. The van der Waals surface area contributed by atoms with Crippen molar-refractivity contribution in [3.05, 3.63) is 23.8 Å². The fourth-order valence-electron chi connectivity index (χ4n) is 1.42. The molecule has 0 bridgehead atoms. The molecule has 21 heavy (non-hydrogen) atoms. The van der Waals surface area contributed by atoms with E-state index in [4.69, 9.17) is 10.5 Å². The molecule has 0 fully saturated rings. The molecule has 118 valence electrons. The van der Waals surface area contributed by atoms with Crippen molar-refractivity contribution in [3.63, 3.8) is 0 Å². The van der Waals surface area contributed by atoms with Gasteiger partial charge in [-0.05, 0) is 0 Å². The zero-order valence-electron chi connectivity index (χ0n) is 11.4. The number of halogens is 3. The van der Waals surface area contributed by atoms with Gasteiger partial charge >= 0.3 is 0 Å². The van der Waals surface area contributed by atoms with E-state index in [1.165, 1.54) is 14.0 Å². The molecule has 6 nitrogen and oxygen atoms in total. The van der Waals surface area contributed by atoms with Gasteiger partial charge in [0, 0.05) is 26.2 Å². The van der Waals surface area contributed by atoms with Crippen molar-refractivity contribution in [3.8, 4) is 0 Å². The van der Waals surface area contributed by atoms with Crippen LogP contribution in [0.15, 0.2) is 12.1 Å². The first kappa shape index (κ1) is 19.2. The predicted octanol–water partition coefficient (Wildman–Crippen LogP) is 1.26. The Morgan fingerprint density at radius 2 is 1.71 bits per heavy atom. The van der Waals surface area contributed by atoms with Crippen LogP contribution in [-0.4, -0.2) is 31.6 Å². The Hall–Kier alpha value is -1.77. The lowest BCUT2D eigenvalue weighted by Crippen LogP contribution is -2.39. The molecule has 1 aromatic carbocycles. The van der Waals surface area contributed by atoms with Crippen molar-refractivity contribution in [2.24, 2.45) is 5.73 Å². The summed E-state index contributed by atoms with van der Waals surface area (Å²) in [5, 5.41) is 4.59. The summed E-state index contributed by atoms with van der Waals surface area (Å²) < 4.78 is 31.1.